The van der Waals surface area contributed by atoms with Crippen LogP contribution in [0.5, 0.6) is 5.75 Å². The van der Waals surface area contributed by atoms with Crippen LogP contribution in [0, 0.1) is 19.7 Å². The van der Waals surface area contributed by atoms with E-state index in [1.165, 1.54) is 18.5 Å². The maximum atomic E-state index is 13.8. The molecule has 0 aliphatic rings. The minimum Gasteiger partial charge on any atom is -0.492 e. The SMILES string of the molecule is CCOc1ccccc1Nc1ncnc2c1c(C)c(C)n2-c1cccc(F)c1. The molecule has 2 aromatic heterocycles. The molecule has 4 aromatic rings. The number of hydrogen-bond acceptors (Lipinski definition) is 4. The maximum absolute atomic E-state index is 13.8. The van der Waals surface area contributed by atoms with Crippen LogP contribution in [-0.2, 0) is 0 Å². The van der Waals surface area contributed by atoms with Gasteiger partial charge >= 0.3 is 0 Å². The van der Waals surface area contributed by atoms with Gasteiger partial charge < -0.3 is 10.1 Å². The normalized spacial score (nSPS) is 11.0. The standard InChI is InChI=1S/C22H21FN4O/c1-4-28-19-11-6-5-10-18(19)26-21-20-14(2)15(3)27(22(20)25-13-24-21)17-9-7-8-16(23)12-17/h5-13H,4H2,1-3H3,(H,24,25,26). The number of ether oxygens (including phenoxy) is 1. The average molecular weight is 376 g/mol. The summed E-state index contributed by atoms with van der Waals surface area (Å²) < 4.78 is 21.5. The summed E-state index contributed by atoms with van der Waals surface area (Å²) >= 11 is 0. The van der Waals surface area contributed by atoms with Gasteiger partial charge in [0.15, 0.2) is 5.65 Å². The molecule has 28 heavy (non-hydrogen) atoms. The van der Waals surface area contributed by atoms with Gasteiger partial charge in [0.1, 0.15) is 23.7 Å². The van der Waals surface area contributed by atoms with E-state index in [9.17, 15) is 4.39 Å². The van der Waals surface area contributed by atoms with E-state index in [0.717, 1.165) is 39.4 Å². The number of para-hydroxylation sites is 2. The first-order chi connectivity index (χ1) is 13.6. The molecular formula is C22H21FN4O. The Labute approximate surface area is 162 Å². The second-order valence-corrected chi connectivity index (χ2v) is 6.50. The molecule has 0 saturated heterocycles. The van der Waals surface area contributed by atoms with Gasteiger partial charge in [0, 0.05) is 5.69 Å². The van der Waals surface area contributed by atoms with Gasteiger partial charge in [-0.1, -0.05) is 18.2 Å². The van der Waals surface area contributed by atoms with Crippen LogP contribution in [0.4, 0.5) is 15.9 Å². The van der Waals surface area contributed by atoms with E-state index in [0.29, 0.717) is 12.4 Å². The number of nitrogens with zero attached hydrogens (tertiary/aromatic N) is 3. The second kappa shape index (κ2) is 7.31. The summed E-state index contributed by atoms with van der Waals surface area (Å²) in [5.41, 5.74) is 4.32. The van der Waals surface area contributed by atoms with Crippen molar-refractivity contribution >= 4 is 22.5 Å². The summed E-state index contributed by atoms with van der Waals surface area (Å²) in [5.74, 6) is 1.16. The van der Waals surface area contributed by atoms with E-state index in [1.54, 1.807) is 6.07 Å². The van der Waals surface area contributed by atoms with Crippen LogP contribution >= 0.6 is 0 Å². The Kier molecular flexibility index (Phi) is 4.69. The van der Waals surface area contributed by atoms with E-state index in [1.807, 2.05) is 55.7 Å². The Morgan fingerprint density at radius 3 is 2.68 bits per heavy atom. The quantitative estimate of drug-likeness (QED) is 0.512. The van der Waals surface area contributed by atoms with Crippen molar-refractivity contribution in [3.8, 4) is 11.4 Å². The van der Waals surface area contributed by atoms with Crippen LogP contribution < -0.4 is 10.1 Å². The second-order valence-electron chi connectivity index (χ2n) is 6.50. The van der Waals surface area contributed by atoms with E-state index in [2.05, 4.69) is 15.3 Å². The molecule has 0 unspecified atom stereocenters. The molecule has 2 aromatic carbocycles. The fourth-order valence-electron chi connectivity index (χ4n) is 3.40. The molecule has 0 saturated carbocycles. The highest BCUT2D eigenvalue weighted by Crippen LogP contribution is 2.34. The van der Waals surface area contributed by atoms with E-state index in [4.69, 9.17) is 4.74 Å². The highest BCUT2D eigenvalue weighted by Gasteiger charge is 2.18. The zero-order chi connectivity index (χ0) is 19.7. The molecule has 0 bridgehead atoms. The molecule has 2 heterocycles. The van der Waals surface area contributed by atoms with Gasteiger partial charge in [-0.2, -0.15) is 0 Å². The van der Waals surface area contributed by atoms with Crippen molar-refractivity contribution in [2.45, 2.75) is 20.8 Å². The van der Waals surface area contributed by atoms with Gasteiger partial charge in [-0.25, -0.2) is 14.4 Å². The first kappa shape index (κ1) is 18.0. The van der Waals surface area contributed by atoms with Gasteiger partial charge in [-0.05, 0) is 56.7 Å². The number of rotatable bonds is 5. The molecule has 6 heteroatoms. The molecule has 0 spiro atoms. The molecule has 0 aliphatic heterocycles. The number of nitrogens with one attached hydrogen (secondary N) is 1. The molecule has 0 radical (unpaired) electrons. The van der Waals surface area contributed by atoms with Crippen molar-refractivity contribution in [2.24, 2.45) is 0 Å². The lowest BCUT2D eigenvalue weighted by Crippen LogP contribution is -2.01. The Bertz CT molecular complexity index is 1150. The van der Waals surface area contributed by atoms with Crippen LogP contribution in [0.25, 0.3) is 16.7 Å². The van der Waals surface area contributed by atoms with Crippen LogP contribution in [0.15, 0.2) is 54.9 Å². The summed E-state index contributed by atoms with van der Waals surface area (Å²) in [5, 5.41) is 4.28. The van der Waals surface area contributed by atoms with E-state index >= 15 is 0 Å². The minimum absolute atomic E-state index is 0.283. The lowest BCUT2D eigenvalue weighted by atomic mass is 10.2. The molecule has 142 valence electrons. The summed E-state index contributed by atoms with van der Waals surface area (Å²) in [6, 6.07) is 14.2. The van der Waals surface area contributed by atoms with Gasteiger partial charge in [-0.3, -0.25) is 4.57 Å². The Morgan fingerprint density at radius 1 is 1.07 bits per heavy atom. The largest absolute Gasteiger partial charge is 0.492 e. The summed E-state index contributed by atoms with van der Waals surface area (Å²) in [7, 11) is 0. The third-order valence-electron chi connectivity index (χ3n) is 4.80. The minimum atomic E-state index is -0.283. The zero-order valence-corrected chi connectivity index (χ0v) is 16.0. The predicted molar refractivity (Wildman–Crippen MR) is 109 cm³/mol. The van der Waals surface area contributed by atoms with Crippen molar-refractivity contribution in [2.75, 3.05) is 11.9 Å². The van der Waals surface area contributed by atoms with Gasteiger partial charge in [-0.15, -0.1) is 0 Å². The molecule has 0 amide bonds. The van der Waals surface area contributed by atoms with Gasteiger partial charge in [0.2, 0.25) is 0 Å². The van der Waals surface area contributed by atoms with Crippen molar-refractivity contribution in [3.63, 3.8) is 0 Å². The van der Waals surface area contributed by atoms with Crippen molar-refractivity contribution in [3.05, 3.63) is 71.9 Å². The number of benzene rings is 2. The number of hydrogen-bond donors (Lipinski definition) is 1. The number of aromatic nitrogens is 3. The highest BCUT2D eigenvalue weighted by molar-refractivity contribution is 5.94. The summed E-state index contributed by atoms with van der Waals surface area (Å²) in [6.07, 6.45) is 1.52. The lowest BCUT2D eigenvalue weighted by Gasteiger charge is -2.12. The maximum Gasteiger partial charge on any atom is 0.150 e. The molecule has 4 rings (SSSR count). The highest BCUT2D eigenvalue weighted by atomic mass is 19.1. The molecule has 1 N–H and O–H groups in total. The van der Waals surface area contributed by atoms with Crippen LogP contribution in [0.2, 0.25) is 0 Å². The number of anilines is 2. The first-order valence-corrected chi connectivity index (χ1v) is 9.17. The fraction of sp³-hybridized carbons (Fsp3) is 0.182. The molecular weight excluding hydrogens is 355 g/mol. The Morgan fingerprint density at radius 2 is 1.89 bits per heavy atom. The van der Waals surface area contributed by atoms with Gasteiger partial charge in [0.05, 0.1) is 23.4 Å². The Balaban J connectivity index is 1.88. The molecule has 0 aliphatic carbocycles. The van der Waals surface area contributed by atoms with Gasteiger partial charge in [0.25, 0.3) is 0 Å². The van der Waals surface area contributed by atoms with Crippen LogP contribution in [-0.4, -0.2) is 21.1 Å². The molecule has 0 atom stereocenters. The molecule has 0 fully saturated rings. The summed E-state index contributed by atoms with van der Waals surface area (Å²) in [4.78, 5) is 8.95. The van der Waals surface area contributed by atoms with Crippen LogP contribution in [0.1, 0.15) is 18.2 Å². The van der Waals surface area contributed by atoms with E-state index < -0.39 is 0 Å². The third kappa shape index (κ3) is 3.07. The number of fused-ring (bicyclic) bond motifs is 1. The van der Waals surface area contributed by atoms with E-state index in [-0.39, 0.29) is 5.82 Å². The van der Waals surface area contributed by atoms with Crippen molar-refractivity contribution in [1.82, 2.24) is 14.5 Å². The smallest absolute Gasteiger partial charge is 0.150 e. The summed E-state index contributed by atoms with van der Waals surface area (Å²) in [6.45, 7) is 6.55. The topological polar surface area (TPSA) is 52.0 Å². The van der Waals surface area contributed by atoms with Crippen LogP contribution in [0.3, 0.4) is 0 Å². The predicted octanol–water partition coefficient (Wildman–Crippen LogP) is 5.32. The van der Waals surface area contributed by atoms with Crippen molar-refractivity contribution in [1.29, 1.82) is 0 Å². The van der Waals surface area contributed by atoms with Crippen molar-refractivity contribution < 1.29 is 9.13 Å². The fourth-order valence-corrected chi connectivity index (χ4v) is 3.40. The average Bonchev–Trinajstić information content (AvgIpc) is 2.95. The number of aryl methyl sites for hydroxylation is 1. The zero-order valence-electron chi connectivity index (χ0n) is 16.0. The third-order valence-corrected chi connectivity index (χ3v) is 4.80. The first-order valence-electron chi connectivity index (χ1n) is 9.17. The Hall–Kier alpha value is -3.41. The lowest BCUT2D eigenvalue weighted by molar-refractivity contribution is 0.342. The number of halogens is 1. The molecule has 5 nitrogen and oxygen atoms in total. The monoisotopic (exact) mass is 376 g/mol.